The van der Waals surface area contributed by atoms with Crippen LogP contribution in [0.3, 0.4) is 0 Å². The number of carbonyl (C=O) groups excluding carboxylic acids is 1. The first-order valence-corrected chi connectivity index (χ1v) is 9.40. The molecule has 0 saturated carbocycles. The number of nitrogens with zero attached hydrogens (tertiary/aromatic N) is 6. The maximum atomic E-state index is 11.7. The molecule has 3 heterocycles. The summed E-state index contributed by atoms with van der Waals surface area (Å²) in [5.74, 6) is 1.24. The second kappa shape index (κ2) is 7.75. The van der Waals surface area contributed by atoms with Crippen molar-refractivity contribution in [2.45, 2.75) is 13.8 Å². The van der Waals surface area contributed by atoms with Crippen molar-refractivity contribution in [1.82, 2.24) is 20.2 Å². The molecule has 1 saturated heterocycles. The topological polar surface area (TPSA) is 84.3 Å². The smallest absolute Gasteiger partial charge is 0.358 e. The second-order valence-electron chi connectivity index (χ2n) is 6.59. The number of anilines is 2. The van der Waals surface area contributed by atoms with Crippen LogP contribution in [0.1, 0.15) is 23.1 Å². The minimum absolute atomic E-state index is 0.228. The Morgan fingerprint density at radius 3 is 2.29 bits per heavy atom. The Kier molecular flexibility index (Phi) is 5.01. The van der Waals surface area contributed by atoms with Gasteiger partial charge in [-0.05, 0) is 38.1 Å². The van der Waals surface area contributed by atoms with E-state index in [1.54, 1.807) is 13.0 Å². The van der Waals surface area contributed by atoms with Crippen LogP contribution in [-0.4, -0.2) is 58.9 Å². The van der Waals surface area contributed by atoms with Gasteiger partial charge in [-0.1, -0.05) is 12.1 Å². The van der Waals surface area contributed by atoms with E-state index in [1.165, 1.54) is 0 Å². The fourth-order valence-corrected chi connectivity index (χ4v) is 3.33. The molecular formula is C20H22N6O2. The Morgan fingerprint density at radius 2 is 1.64 bits per heavy atom. The highest BCUT2D eigenvalue weighted by molar-refractivity contribution is 5.87. The Labute approximate surface area is 163 Å². The molecule has 1 aliphatic rings. The molecule has 28 heavy (non-hydrogen) atoms. The normalized spacial score (nSPS) is 14.4. The van der Waals surface area contributed by atoms with E-state index in [2.05, 4.69) is 25.0 Å². The Bertz CT molecular complexity index is 984. The quantitative estimate of drug-likeness (QED) is 0.639. The first-order chi connectivity index (χ1) is 13.7. The van der Waals surface area contributed by atoms with Crippen molar-refractivity contribution < 1.29 is 9.53 Å². The number of hydrogen-bond acceptors (Lipinski definition) is 8. The van der Waals surface area contributed by atoms with Gasteiger partial charge in [-0.25, -0.2) is 14.8 Å². The van der Waals surface area contributed by atoms with Crippen molar-refractivity contribution in [1.29, 1.82) is 0 Å². The minimum Gasteiger partial charge on any atom is -0.461 e. The van der Waals surface area contributed by atoms with Crippen LogP contribution in [0, 0.1) is 6.92 Å². The van der Waals surface area contributed by atoms with Gasteiger partial charge in [0.2, 0.25) is 0 Å². The molecular weight excluding hydrogens is 356 g/mol. The van der Waals surface area contributed by atoms with Crippen molar-refractivity contribution in [2.75, 3.05) is 42.6 Å². The molecule has 0 atom stereocenters. The third-order valence-electron chi connectivity index (χ3n) is 4.76. The van der Waals surface area contributed by atoms with Crippen LogP contribution in [0.15, 0.2) is 36.4 Å². The summed E-state index contributed by atoms with van der Waals surface area (Å²) in [5, 5.41) is 8.19. The number of carbonyl (C=O) groups is 1. The highest BCUT2D eigenvalue weighted by atomic mass is 16.5. The lowest BCUT2D eigenvalue weighted by Gasteiger charge is -2.36. The molecule has 1 aromatic carbocycles. The van der Waals surface area contributed by atoms with Gasteiger partial charge < -0.3 is 14.5 Å². The molecule has 144 valence electrons. The average molecular weight is 378 g/mol. The van der Waals surface area contributed by atoms with Crippen molar-refractivity contribution in [2.24, 2.45) is 0 Å². The Balaban J connectivity index is 1.45. The Morgan fingerprint density at radius 1 is 0.964 bits per heavy atom. The zero-order valence-electron chi connectivity index (χ0n) is 16.0. The SMILES string of the molecule is CCOC(=O)c1ccc(N2CCN(c3nc4ccccc4nc3C)CC2)nn1. The molecule has 0 amide bonds. The first kappa shape index (κ1) is 18.1. The zero-order valence-corrected chi connectivity index (χ0v) is 16.0. The largest absolute Gasteiger partial charge is 0.461 e. The summed E-state index contributed by atoms with van der Waals surface area (Å²) in [6, 6.07) is 11.4. The second-order valence-corrected chi connectivity index (χ2v) is 6.59. The number of esters is 1. The molecule has 4 rings (SSSR count). The van der Waals surface area contributed by atoms with E-state index in [9.17, 15) is 4.79 Å². The van der Waals surface area contributed by atoms with Crippen molar-refractivity contribution in [3.8, 4) is 0 Å². The van der Waals surface area contributed by atoms with Crippen molar-refractivity contribution >= 4 is 28.6 Å². The number of para-hydroxylation sites is 2. The minimum atomic E-state index is -0.447. The van der Waals surface area contributed by atoms with Crippen molar-refractivity contribution in [3.05, 3.63) is 47.8 Å². The number of hydrogen-bond donors (Lipinski definition) is 0. The molecule has 1 fully saturated rings. The maximum Gasteiger partial charge on any atom is 0.358 e. The summed E-state index contributed by atoms with van der Waals surface area (Å²) in [4.78, 5) is 25.6. The molecule has 0 bridgehead atoms. The maximum absolute atomic E-state index is 11.7. The molecule has 8 nitrogen and oxygen atoms in total. The van der Waals surface area contributed by atoms with Crippen LogP contribution in [0.5, 0.6) is 0 Å². The number of fused-ring (bicyclic) bond motifs is 1. The third-order valence-corrected chi connectivity index (χ3v) is 4.76. The fraction of sp³-hybridized carbons (Fsp3) is 0.350. The highest BCUT2D eigenvalue weighted by Gasteiger charge is 2.22. The third kappa shape index (κ3) is 3.58. The molecule has 1 aliphatic heterocycles. The van der Waals surface area contributed by atoms with Gasteiger partial charge >= 0.3 is 5.97 Å². The van der Waals surface area contributed by atoms with Gasteiger partial charge in [-0.15, -0.1) is 10.2 Å². The van der Waals surface area contributed by atoms with Gasteiger partial charge in [0.15, 0.2) is 17.3 Å². The predicted molar refractivity (Wildman–Crippen MR) is 107 cm³/mol. The number of piperazine rings is 1. The Hall–Kier alpha value is -3.29. The van der Waals surface area contributed by atoms with Crippen LogP contribution < -0.4 is 9.80 Å². The van der Waals surface area contributed by atoms with Crippen LogP contribution in [0.25, 0.3) is 11.0 Å². The van der Waals surface area contributed by atoms with Crippen LogP contribution in [-0.2, 0) is 4.74 Å². The van der Waals surface area contributed by atoms with Gasteiger partial charge in [0, 0.05) is 26.2 Å². The van der Waals surface area contributed by atoms with Crippen LogP contribution >= 0.6 is 0 Å². The molecule has 0 unspecified atom stereocenters. The number of ether oxygens (including phenoxy) is 1. The lowest BCUT2D eigenvalue weighted by atomic mass is 10.2. The van der Waals surface area contributed by atoms with Crippen LogP contribution in [0.4, 0.5) is 11.6 Å². The van der Waals surface area contributed by atoms with E-state index >= 15 is 0 Å². The summed E-state index contributed by atoms with van der Waals surface area (Å²) >= 11 is 0. The average Bonchev–Trinajstić information content (AvgIpc) is 2.74. The van der Waals surface area contributed by atoms with E-state index in [0.29, 0.717) is 6.61 Å². The van der Waals surface area contributed by atoms with Gasteiger partial charge in [-0.3, -0.25) is 0 Å². The molecule has 0 aliphatic carbocycles. The molecule has 3 aromatic rings. The van der Waals surface area contributed by atoms with Gasteiger partial charge in [0.05, 0.1) is 23.3 Å². The zero-order chi connectivity index (χ0) is 19.5. The van der Waals surface area contributed by atoms with E-state index in [-0.39, 0.29) is 5.69 Å². The van der Waals surface area contributed by atoms with Gasteiger partial charge in [0.25, 0.3) is 0 Å². The summed E-state index contributed by atoms with van der Waals surface area (Å²) < 4.78 is 4.94. The summed E-state index contributed by atoms with van der Waals surface area (Å²) in [6.45, 7) is 7.30. The van der Waals surface area contributed by atoms with Crippen molar-refractivity contribution in [3.63, 3.8) is 0 Å². The molecule has 0 N–H and O–H groups in total. The highest BCUT2D eigenvalue weighted by Crippen LogP contribution is 2.22. The standard InChI is InChI=1S/C20H22N6O2/c1-3-28-20(27)17-8-9-18(24-23-17)25-10-12-26(13-11-25)19-14(2)21-15-6-4-5-7-16(15)22-19/h4-9H,3,10-13H2,1-2H3. The number of benzene rings is 1. The van der Waals surface area contributed by atoms with Crippen LogP contribution in [0.2, 0.25) is 0 Å². The monoisotopic (exact) mass is 378 g/mol. The van der Waals surface area contributed by atoms with E-state index in [0.717, 1.165) is 54.5 Å². The van der Waals surface area contributed by atoms with E-state index < -0.39 is 5.97 Å². The summed E-state index contributed by atoms with van der Waals surface area (Å²) in [5.41, 5.74) is 2.99. The first-order valence-electron chi connectivity index (χ1n) is 9.40. The number of rotatable bonds is 4. The molecule has 8 heteroatoms. The lowest BCUT2D eigenvalue weighted by molar-refractivity contribution is 0.0518. The number of aryl methyl sites for hydroxylation is 1. The summed E-state index contributed by atoms with van der Waals surface area (Å²) in [6.07, 6.45) is 0. The van der Waals surface area contributed by atoms with E-state index in [4.69, 9.17) is 9.72 Å². The van der Waals surface area contributed by atoms with Gasteiger partial charge in [0.1, 0.15) is 0 Å². The summed E-state index contributed by atoms with van der Waals surface area (Å²) in [7, 11) is 0. The fourth-order valence-electron chi connectivity index (χ4n) is 3.33. The lowest BCUT2D eigenvalue weighted by Crippen LogP contribution is -2.47. The number of aromatic nitrogens is 4. The molecule has 0 spiro atoms. The predicted octanol–water partition coefficient (Wildman–Crippen LogP) is 2.23. The van der Waals surface area contributed by atoms with Gasteiger partial charge in [-0.2, -0.15) is 0 Å². The molecule has 0 radical (unpaired) electrons. The molecule has 2 aromatic heterocycles. The van der Waals surface area contributed by atoms with E-state index in [1.807, 2.05) is 37.3 Å².